The lowest BCUT2D eigenvalue weighted by Gasteiger charge is -2.28. The van der Waals surface area contributed by atoms with E-state index in [9.17, 15) is 0 Å². The molecule has 0 aromatic rings. The van der Waals surface area contributed by atoms with Crippen molar-refractivity contribution in [1.29, 1.82) is 0 Å². The number of rotatable bonds is 1. The van der Waals surface area contributed by atoms with Gasteiger partial charge in [-0.05, 0) is 70.2 Å². The minimum Gasteiger partial charge on any atom is -0.317 e. The monoisotopic (exact) mass is 226 g/mol. The molecule has 0 atom stereocenters. The number of piperidine rings is 2. The highest BCUT2D eigenvalue weighted by molar-refractivity contribution is 4.67. The van der Waals surface area contributed by atoms with Crippen LogP contribution < -0.4 is 5.32 Å². The molecule has 2 aliphatic rings. The normalized spacial score (nSPS) is 24.9. The summed E-state index contributed by atoms with van der Waals surface area (Å²) in [5.74, 6) is 1.95. The van der Waals surface area contributed by atoms with Gasteiger partial charge in [-0.1, -0.05) is 20.8 Å². The lowest BCUT2D eigenvalue weighted by atomic mass is 9.99. The number of likely N-dealkylation sites (tertiary alicyclic amines) is 1. The van der Waals surface area contributed by atoms with Gasteiger partial charge in [-0.2, -0.15) is 0 Å². The van der Waals surface area contributed by atoms with Crippen LogP contribution in [0.4, 0.5) is 0 Å². The molecule has 2 saturated heterocycles. The van der Waals surface area contributed by atoms with Gasteiger partial charge in [-0.25, -0.2) is 0 Å². The molecule has 2 heteroatoms. The maximum Gasteiger partial charge on any atom is -0.00163 e. The third-order valence-corrected chi connectivity index (χ3v) is 3.95. The van der Waals surface area contributed by atoms with Crippen LogP contribution in [0.2, 0.25) is 0 Å². The second-order valence-corrected chi connectivity index (χ2v) is 5.55. The van der Waals surface area contributed by atoms with Gasteiger partial charge in [0.1, 0.15) is 0 Å². The Balaban J connectivity index is 0.000000165. The van der Waals surface area contributed by atoms with Crippen molar-refractivity contribution in [2.45, 2.75) is 46.5 Å². The van der Waals surface area contributed by atoms with Crippen molar-refractivity contribution in [2.75, 3.05) is 32.7 Å². The molecule has 2 nitrogen and oxygen atoms in total. The molecule has 1 N–H and O–H groups in total. The molecule has 0 radical (unpaired) electrons. The Hall–Kier alpha value is -0.0800. The molecule has 2 rings (SSSR count). The average Bonchev–Trinajstić information content (AvgIpc) is 2.32. The molecule has 0 aromatic carbocycles. The molecule has 2 heterocycles. The van der Waals surface area contributed by atoms with E-state index in [-0.39, 0.29) is 0 Å². The Kier molecular flexibility index (Phi) is 7.06. The lowest BCUT2D eigenvalue weighted by Crippen LogP contribution is -2.32. The van der Waals surface area contributed by atoms with E-state index in [0.717, 1.165) is 11.8 Å². The fourth-order valence-electron chi connectivity index (χ4n) is 2.34. The predicted molar refractivity (Wildman–Crippen MR) is 71.8 cm³/mol. The standard InChI is InChI=1S/C8H17N.C6H13N/c1-3-9-6-4-8(2)5-7-9;1-6-2-4-7-5-3-6/h8H,3-7H2,1-2H3;6-7H,2-5H2,1H3. The van der Waals surface area contributed by atoms with Crippen LogP contribution in [-0.4, -0.2) is 37.6 Å². The van der Waals surface area contributed by atoms with Crippen molar-refractivity contribution in [3.63, 3.8) is 0 Å². The third kappa shape index (κ3) is 5.86. The smallest absolute Gasteiger partial charge is 0.00163 e. The van der Waals surface area contributed by atoms with Gasteiger partial charge in [0.15, 0.2) is 0 Å². The topological polar surface area (TPSA) is 15.3 Å². The van der Waals surface area contributed by atoms with Crippen molar-refractivity contribution in [3.05, 3.63) is 0 Å². The van der Waals surface area contributed by atoms with Gasteiger partial charge in [0, 0.05) is 0 Å². The quantitative estimate of drug-likeness (QED) is 0.739. The van der Waals surface area contributed by atoms with Gasteiger partial charge in [0.05, 0.1) is 0 Å². The summed E-state index contributed by atoms with van der Waals surface area (Å²) in [6, 6.07) is 0. The van der Waals surface area contributed by atoms with Crippen molar-refractivity contribution in [2.24, 2.45) is 11.8 Å². The van der Waals surface area contributed by atoms with Crippen molar-refractivity contribution in [1.82, 2.24) is 10.2 Å². The van der Waals surface area contributed by atoms with Gasteiger partial charge in [0.2, 0.25) is 0 Å². The molecule has 0 amide bonds. The van der Waals surface area contributed by atoms with E-state index in [0.29, 0.717) is 0 Å². The molecule has 2 aliphatic heterocycles. The SMILES string of the molecule is CC1CCNCC1.CCN1CCC(C)CC1. The Morgan fingerprint density at radius 3 is 1.81 bits per heavy atom. The van der Waals surface area contributed by atoms with E-state index < -0.39 is 0 Å². The first-order valence-electron chi connectivity index (χ1n) is 7.15. The van der Waals surface area contributed by atoms with Crippen LogP contribution in [0.1, 0.15) is 46.5 Å². The Morgan fingerprint density at radius 2 is 1.44 bits per heavy atom. The first kappa shape index (κ1) is 14.0. The third-order valence-electron chi connectivity index (χ3n) is 3.95. The highest BCUT2D eigenvalue weighted by Crippen LogP contribution is 2.14. The average molecular weight is 226 g/mol. The summed E-state index contributed by atoms with van der Waals surface area (Å²) in [6.07, 6.45) is 5.57. The maximum absolute atomic E-state index is 3.32. The summed E-state index contributed by atoms with van der Waals surface area (Å²) in [6.45, 7) is 13.3. The molecule has 96 valence electrons. The van der Waals surface area contributed by atoms with E-state index in [4.69, 9.17) is 0 Å². The second-order valence-electron chi connectivity index (χ2n) is 5.55. The van der Waals surface area contributed by atoms with Crippen LogP contribution in [0.3, 0.4) is 0 Å². The van der Waals surface area contributed by atoms with Gasteiger partial charge in [-0.3, -0.25) is 0 Å². The maximum atomic E-state index is 3.32. The summed E-state index contributed by atoms with van der Waals surface area (Å²) >= 11 is 0. The Morgan fingerprint density at radius 1 is 0.938 bits per heavy atom. The van der Waals surface area contributed by atoms with Crippen molar-refractivity contribution < 1.29 is 0 Å². The molecule has 0 unspecified atom stereocenters. The van der Waals surface area contributed by atoms with Crippen LogP contribution >= 0.6 is 0 Å². The van der Waals surface area contributed by atoms with Crippen molar-refractivity contribution in [3.8, 4) is 0 Å². The molecule has 0 bridgehead atoms. The van der Waals surface area contributed by atoms with E-state index >= 15 is 0 Å². The summed E-state index contributed by atoms with van der Waals surface area (Å²) in [5.41, 5.74) is 0. The number of hydrogen-bond acceptors (Lipinski definition) is 2. The Labute approximate surface area is 102 Å². The molecule has 0 saturated carbocycles. The predicted octanol–water partition coefficient (Wildman–Crippen LogP) is 2.74. The molecule has 2 fully saturated rings. The fourth-order valence-corrected chi connectivity index (χ4v) is 2.34. The van der Waals surface area contributed by atoms with Crippen LogP contribution in [0, 0.1) is 11.8 Å². The highest BCUT2D eigenvalue weighted by atomic mass is 15.1. The van der Waals surface area contributed by atoms with Crippen LogP contribution in [0.5, 0.6) is 0 Å². The van der Waals surface area contributed by atoms with E-state index in [1.807, 2.05) is 0 Å². The fraction of sp³-hybridized carbons (Fsp3) is 1.00. The number of nitrogens with one attached hydrogen (secondary N) is 1. The van der Waals surface area contributed by atoms with Crippen molar-refractivity contribution >= 4 is 0 Å². The molecular formula is C14H30N2. The molecule has 0 aliphatic carbocycles. The molecule has 0 aromatic heterocycles. The minimum absolute atomic E-state index is 0.973. The molecule has 16 heavy (non-hydrogen) atoms. The largest absolute Gasteiger partial charge is 0.317 e. The van der Waals surface area contributed by atoms with Gasteiger partial charge in [-0.15, -0.1) is 0 Å². The van der Waals surface area contributed by atoms with E-state index in [1.54, 1.807) is 0 Å². The van der Waals surface area contributed by atoms with Gasteiger partial charge >= 0.3 is 0 Å². The summed E-state index contributed by atoms with van der Waals surface area (Å²) < 4.78 is 0. The van der Waals surface area contributed by atoms with E-state index in [2.05, 4.69) is 31.0 Å². The van der Waals surface area contributed by atoms with Gasteiger partial charge in [0.25, 0.3) is 0 Å². The number of nitrogens with zero attached hydrogens (tertiary/aromatic N) is 1. The van der Waals surface area contributed by atoms with Crippen LogP contribution in [0.15, 0.2) is 0 Å². The first-order valence-corrected chi connectivity index (χ1v) is 7.15. The summed E-state index contributed by atoms with van der Waals surface area (Å²) in [7, 11) is 0. The zero-order valence-corrected chi connectivity index (χ0v) is 11.5. The molecule has 0 spiro atoms. The van der Waals surface area contributed by atoms with Gasteiger partial charge < -0.3 is 10.2 Å². The summed E-state index contributed by atoms with van der Waals surface area (Å²) in [4.78, 5) is 2.53. The highest BCUT2D eigenvalue weighted by Gasteiger charge is 2.12. The lowest BCUT2D eigenvalue weighted by molar-refractivity contribution is 0.201. The Bertz CT molecular complexity index is 156. The molecular weight excluding hydrogens is 196 g/mol. The van der Waals surface area contributed by atoms with Crippen LogP contribution in [0.25, 0.3) is 0 Å². The zero-order valence-electron chi connectivity index (χ0n) is 11.5. The first-order chi connectivity index (χ1) is 7.72. The second kappa shape index (κ2) is 8.08. The number of hydrogen-bond donors (Lipinski definition) is 1. The minimum atomic E-state index is 0.973. The van der Waals surface area contributed by atoms with E-state index in [1.165, 1.54) is 58.4 Å². The van der Waals surface area contributed by atoms with Crippen LogP contribution in [-0.2, 0) is 0 Å². The summed E-state index contributed by atoms with van der Waals surface area (Å²) in [5, 5.41) is 3.32. The zero-order chi connectivity index (χ0) is 11.8.